The van der Waals surface area contributed by atoms with E-state index in [0.717, 1.165) is 78.0 Å². The largest absolute Gasteiger partial charge is 0.353 e. The molecule has 2 aromatic carbocycles. The molecule has 0 atom stereocenters. The SMILES string of the molecule is O=C(c1cc2cc(Nc3nc(-c4ccccn4)cc(-c4cccc(-c5ccnc(Nc6ccc7[nH]c(C(=O)N8CCN(c9ccccn9)CC8)cc7c6)n5)n4)n3)ccc2[nH]1)N1CCC(N2CCCCC2)CC1. The van der Waals surface area contributed by atoms with Crippen LogP contribution in [0.5, 0.6) is 0 Å². The van der Waals surface area contributed by atoms with Crippen LogP contribution in [0.25, 0.3) is 56.0 Å². The highest BCUT2D eigenvalue weighted by Gasteiger charge is 2.29. The molecule has 72 heavy (non-hydrogen) atoms. The number of anilines is 5. The van der Waals surface area contributed by atoms with Crippen molar-refractivity contribution in [2.45, 2.75) is 38.1 Å². The van der Waals surface area contributed by atoms with E-state index in [9.17, 15) is 9.59 Å². The molecule has 0 unspecified atom stereocenters. The number of piperazine rings is 1. The number of aromatic nitrogens is 9. The lowest BCUT2D eigenvalue weighted by atomic mass is 10.00. The van der Waals surface area contributed by atoms with E-state index in [4.69, 9.17) is 19.9 Å². The van der Waals surface area contributed by atoms with Gasteiger partial charge in [-0.3, -0.25) is 14.6 Å². The van der Waals surface area contributed by atoms with E-state index in [1.54, 1.807) is 18.6 Å². The van der Waals surface area contributed by atoms with Crippen molar-refractivity contribution in [1.29, 1.82) is 0 Å². The molecule has 3 aliphatic rings. The van der Waals surface area contributed by atoms with Crippen molar-refractivity contribution in [2.24, 2.45) is 0 Å². The summed E-state index contributed by atoms with van der Waals surface area (Å²) in [6, 6.07) is 37.2. The number of carbonyl (C=O) groups is 2. The van der Waals surface area contributed by atoms with Crippen LogP contribution in [0.15, 0.2) is 134 Å². The molecular weight excluding hydrogens is 903 g/mol. The van der Waals surface area contributed by atoms with Crippen molar-refractivity contribution in [3.05, 3.63) is 145 Å². The van der Waals surface area contributed by atoms with Crippen LogP contribution in [0.1, 0.15) is 53.1 Å². The van der Waals surface area contributed by atoms with Crippen LogP contribution in [0.3, 0.4) is 0 Å². The van der Waals surface area contributed by atoms with Gasteiger partial charge in [-0.05, 0) is 136 Å². The molecule has 10 heterocycles. The Morgan fingerprint density at radius 2 is 1.06 bits per heavy atom. The molecule has 17 nitrogen and oxygen atoms in total. The molecule has 0 aliphatic carbocycles. The monoisotopic (exact) mass is 955 g/mol. The van der Waals surface area contributed by atoms with Crippen LogP contribution in [0, 0.1) is 0 Å². The Balaban J connectivity index is 0.743. The van der Waals surface area contributed by atoms with Crippen LogP contribution < -0.4 is 15.5 Å². The predicted octanol–water partition coefficient (Wildman–Crippen LogP) is 8.96. The van der Waals surface area contributed by atoms with Gasteiger partial charge in [0, 0.05) is 97.1 Å². The van der Waals surface area contributed by atoms with E-state index < -0.39 is 0 Å². The number of fused-ring (bicyclic) bond motifs is 2. The summed E-state index contributed by atoms with van der Waals surface area (Å²) in [5, 5.41) is 8.58. The van der Waals surface area contributed by atoms with Gasteiger partial charge in [0.2, 0.25) is 11.9 Å². The third-order valence-corrected chi connectivity index (χ3v) is 14.0. The summed E-state index contributed by atoms with van der Waals surface area (Å²) in [7, 11) is 0. The zero-order valence-corrected chi connectivity index (χ0v) is 39.7. The fourth-order valence-electron chi connectivity index (χ4n) is 10.2. The minimum atomic E-state index is -0.0266. The summed E-state index contributed by atoms with van der Waals surface area (Å²) in [6.45, 7) is 6.59. The molecule has 3 aliphatic heterocycles. The zero-order chi connectivity index (χ0) is 48.4. The first-order valence-corrected chi connectivity index (χ1v) is 24.8. The maximum absolute atomic E-state index is 13.7. The summed E-state index contributed by atoms with van der Waals surface area (Å²) >= 11 is 0. The molecule has 7 aromatic heterocycles. The molecule has 0 radical (unpaired) electrons. The Bertz CT molecular complexity index is 3390. The molecule has 0 spiro atoms. The molecular formula is C55H53N15O2. The second kappa shape index (κ2) is 19.7. The number of H-pyrrole nitrogens is 2. The Kier molecular flexibility index (Phi) is 12.2. The van der Waals surface area contributed by atoms with Gasteiger partial charge in [0.1, 0.15) is 17.2 Å². The van der Waals surface area contributed by atoms with E-state index >= 15 is 0 Å². The van der Waals surface area contributed by atoms with Gasteiger partial charge in [-0.25, -0.2) is 29.9 Å². The summed E-state index contributed by atoms with van der Waals surface area (Å²) < 4.78 is 0. The van der Waals surface area contributed by atoms with Gasteiger partial charge >= 0.3 is 0 Å². The Morgan fingerprint density at radius 1 is 0.472 bits per heavy atom. The summed E-state index contributed by atoms with van der Waals surface area (Å²) in [5.41, 5.74) is 8.19. The molecule has 0 bridgehead atoms. The Hall–Kier alpha value is -8.57. The number of nitrogens with one attached hydrogen (secondary N) is 4. The lowest BCUT2D eigenvalue weighted by molar-refractivity contribution is 0.0585. The first-order chi connectivity index (χ1) is 35.4. The van der Waals surface area contributed by atoms with Crippen molar-refractivity contribution >= 4 is 62.7 Å². The van der Waals surface area contributed by atoms with E-state index in [-0.39, 0.29) is 11.8 Å². The summed E-state index contributed by atoms with van der Waals surface area (Å²) in [6.07, 6.45) is 11.2. The predicted molar refractivity (Wildman–Crippen MR) is 279 cm³/mol. The first-order valence-electron chi connectivity index (χ1n) is 24.8. The van der Waals surface area contributed by atoms with E-state index in [1.165, 1.54) is 32.4 Å². The van der Waals surface area contributed by atoms with Crippen molar-refractivity contribution < 1.29 is 9.59 Å². The average molecular weight is 956 g/mol. The molecule has 9 aromatic rings. The lowest BCUT2D eigenvalue weighted by Crippen LogP contribution is -2.49. The van der Waals surface area contributed by atoms with Crippen molar-refractivity contribution in [2.75, 3.05) is 67.9 Å². The number of likely N-dealkylation sites (tertiary alicyclic amines) is 2. The summed E-state index contributed by atoms with van der Waals surface area (Å²) in [4.78, 5) is 76.0. The number of nitrogens with zero attached hydrogens (tertiary/aromatic N) is 11. The van der Waals surface area contributed by atoms with Gasteiger partial charge in [-0.1, -0.05) is 24.6 Å². The number of carbonyl (C=O) groups excluding carboxylic acids is 2. The van der Waals surface area contributed by atoms with Crippen molar-refractivity contribution in [3.8, 4) is 34.2 Å². The highest BCUT2D eigenvalue weighted by Crippen LogP contribution is 2.30. The highest BCUT2D eigenvalue weighted by atomic mass is 16.2. The Labute approximate surface area is 415 Å². The minimum absolute atomic E-state index is 0.0266. The van der Waals surface area contributed by atoms with Gasteiger partial charge < -0.3 is 40.2 Å². The van der Waals surface area contributed by atoms with E-state index in [0.29, 0.717) is 76.6 Å². The van der Waals surface area contributed by atoms with Crippen LogP contribution in [0.4, 0.5) is 29.1 Å². The average Bonchev–Trinajstić information content (AvgIpc) is 4.08. The van der Waals surface area contributed by atoms with Gasteiger partial charge in [0.05, 0.1) is 34.2 Å². The smallest absolute Gasteiger partial charge is 0.270 e. The van der Waals surface area contributed by atoms with E-state index in [1.807, 2.05) is 125 Å². The maximum Gasteiger partial charge on any atom is 0.270 e. The lowest BCUT2D eigenvalue weighted by Gasteiger charge is -2.40. The molecule has 17 heteroatoms. The molecule has 12 rings (SSSR count). The molecule has 360 valence electrons. The normalized spacial score (nSPS) is 15.8. The Morgan fingerprint density at radius 3 is 1.71 bits per heavy atom. The minimum Gasteiger partial charge on any atom is -0.353 e. The molecule has 0 saturated carbocycles. The third kappa shape index (κ3) is 9.53. The molecule has 4 N–H and O–H groups in total. The van der Waals surface area contributed by atoms with Crippen molar-refractivity contribution in [1.82, 2.24) is 59.6 Å². The number of benzene rings is 2. The number of aromatic amines is 2. The standard InChI is InChI=1S/C55H53N15O2/c71-52(69-25-18-40(19-26-69)67-23-6-1-7-24-67)49-33-37-32-39(14-16-42(37)61-49)60-55-65-47(43-9-2-4-20-56-43)35-48(66-55)45-11-8-10-44(63-45)46-17-22-58-54(64-46)59-38-13-15-41-36(31-38)34-50(62-41)53(72)70-29-27-68(28-30-70)51-12-3-5-21-57-51/h2-5,8-17,20-22,31-35,40,61-62H,1,6-7,18-19,23-30H2,(H,58,59,64)(H,60,65,66). The quantitative estimate of drug-likeness (QED) is 0.0961. The van der Waals surface area contributed by atoms with Gasteiger partial charge in [-0.2, -0.15) is 0 Å². The van der Waals surface area contributed by atoms with E-state index in [2.05, 4.69) is 45.4 Å². The fourth-order valence-corrected chi connectivity index (χ4v) is 10.2. The van der Waals surface area contributed by atoms with Gasteiger partial charge in [0.25, 0.3) is 11.8 Å². The number of pyridine rings is 3. The second-order valence-corrected chi connectivity index (χ2v) is 18.7. The van der Waals surface area contributed by atoms with Crippen LogP contribution in [-0.4, -0.2) is 130 Å². The van der Waals surface area contributed by atoms with Crippen molar-refractivity contribution in [3.63, 3.8) is 0 Å². The number of hydrogen-bond donors (Lipinski definition) is 4. The summed E-state index contributed by atoms with van der Waals surface area (Å²) in [5.74, 6) is 1.71. The third-order valence-electron chi connectivity index (χ3n) is 14.0. The second-order valence-electron chi connectivity index (χ2n) is 18.7. The fraction of sp³-hybridized carbons (Fsp3) is 0.255. The zero-order valence-electron chi connectivity index (χ0n) is 39.7. The first kappa shape index (κ1) is 44.6. The maximum atomic E-state index is 13.7. The van der Waals surface area contributed by atoms with Crippen LogP contribution >= 0.6 is 0 Å². The van der Waals surface area contributed by atoms with Gasteiger partial charge in [-0.15, -0.1) is 0 Å². The molecule has 3 fully saturated rings. The number of rotatable bonds is 11. The topological polar surface area (TPSA) is 193 Å². The number of hydrogen-bond acceptors (Lipinski definition) is 13. The van der Waals surface area contributed by atoms with Crippen LogP contribution in [-0.2, 0) is 0 Å². The van der Waals surface area contributed by atoms with Crippen LogP contribution in [0.2, 0.25) is 0 Å². The van der Waals surface area contributed by atoms with Gasteiger partial charge in [0.15, 0.2) is 0 Å². The highest BCUT2D eigenvalue weighted by molar-refractivity contribution is 6.00. The molecule has 2 amide bonds. The number of amides is 2. The number of piperidine rings is 2. The molecule has 3 saturated heterocycles.